The third-order valence-electron chi connectivity index (χ3n) is 6.10. The maximum atomic E-state index is 11.7. The molecule has 0 N–H and O–H groups in total. The summed E-state index contributed by atoms with van der Waals surface area (Å²) >= 11 is 0. The van der Waals surface area contributed by atoms with Crippen LogP contribution in [0.15, 0.2) is 0 Å². The minimum absolute atomic E-state index is 0.0388. The molecular formula is C18H33NO. The Bertz CT molecular complexity index is 299. The van der Waals surface area contributed by atoms with E-state index in [0.717, 1.165) is 31.2 Å². The first kappa shape index (κ1) is 16.0. The van der Waals surface area contributed by atoms with Crippen molar-refractivity contribution < 1.29 is 4.79 Å². The highest BCUT2D eigenvalue weighted by molar-refractivity contribution is 5.60. The fourth-order valence-electron chi connectivity index (χ4n) is 4.27. The molecule has 2 aliphatic rings. The van der Waals surface area contributed by atoms with E-state index in [0.29, 0.717) is 6.04 Å². The van der Waals surface area contributed by atoms with Crippen LogP contribution >= 0.6 is 0 Å². The molecule has 0 atom stereocenters. The van der Waals surface area contributed by atoms with Gasteiger partial charge in [-0.2, -0.15) is 0 Å². The molecule has 20 heavy (non-hydrogen) atoms. The van der Waals surface area contributed by atoms with Crippen molar-refractivity contribution >= 4 is 6.29 Å². The summed E-state index contributed by atoms with van der Waals surface area (Å²) < 4.78 is 0. The van der Waals surface area contributed by atoms with Crippen LogP contribution in [0.1, 0.15) is 71.6 Å². The first-order valence-corrected chi connectivity index (χ1v) is 8.75. The second-order valence-corrected chi connectivity index (χ2v) is 7.66. The summed E-state index contributed by atoms with van der Waals surface area (Å²) in [7, 11) is 2.25. The van der Waals surface area contributed by atoms with Crippen LogP contribution in [-0.2, 0) is 4.79 Å². The highest BCUT2D eigenvalue weighted by atomic mass is 16.1. The third-order valence-corrected chi connectivity index (χ3v) is 6.10. The van der Waals surface area contributed by atoms with Gasteiger partial charge in [0.25, 0.3) is 0 Å². The van der Waals surface area contributed by atoms with Crippen LogP contribution < -0.4 is 0 Å². The van der Waals surface area contributed by atoms with Gasteiger partial charge in [-0.3, -0.25) is 0 Å². The van der Waals surface area contributed by atoms with Crippen LogP contribution in [0.25, 0.3) is 0 Å². The lowest BCUT2D eigenvalue weighted by Crippen LogP contribution is -2.45. The van der Waals surface area contributed by atoms with Crippen molar-refractivity contribution in [2.45, 2.75) is 77.7 Å². The Labute approximate surface area is 125 Å². The molecule has 2 aliphatic carbocycles. The molecule has 0 bridgehead atoms. The lowest BCUT2D eigenvalue weighted by Gasteiger charge is -2.42. The third kappa shape index (κ3) is 3.84. The summed E-state index contributed by atoms with van der Waals surface area (Å²) in [6.07, 6.45) is 12.7. The molecule has 0 unspecified atom stereocenters. The van der Waals surface area contributed by atoms with E-state index >= 15 is 0 Å². The Balaban J connectivity index is 1.86. The minimum atomic E-state index is -0.0388. The molecular weight excluding hydrogens is 246 g/mol. The first-order valence-electron chi connectivity index (χ1n) is 8.75. The molecule has 0 aromatic rings. The number of carbonyl (C=O) groups is 1. The topological polar surface area (TPSA) is 20.3 Å². The van der Waals surface area contributed by atoms with Gasteiger partial charge in [-0.15, -0.1) is 0 Å². The van der Waals surface area contributed by atoms with Gasteiger partial charge in [0.15, 0.2) is 0 Å². The van der Waals surface area contributed by atoms with Gasteiger partial charge in [-0.05, 0) is 70.3 Å². The molecule has 0 saturated heterocycles. The highest BCUT2D eigenvalue weighted by Gasteiger charge is 2.36. The maximum absolute atomic E-state index is 11.7. The van der Waals surface area contributed by atoms with E-state index in [9.17, 15) is 4.79 Å². The van der Waals surface area contributed by atoms with Gasteiger partial charge in [0.05, 0.1) is 0 Å². The predicted octanol–water partition coefficient (Wildman–Crippen LogP) is 4.28. The van der Waals surface area contributed by atoms with Crippen LogP contribution in [0, 0.1) is 17.3 Å². The van der Waals surface area contributed by atoms with Gasteiger partial charge in [0.2, 0.25) is 0 Å². The van der Waals surface area contributed by atoms with Gasteiger partial charge in [-0.1, -0.05) is 20.3 Å². The fourth-order valence-corrected chi connectivity index (χ4v) is 4.27. The van der Waals surface area contributed by atoms with Crippen LogP contribution in [0.4, 0.5) is 0 Å². The second-order valence-electron chi connectivity index (χ2n) is 7.66. The second kappa shape index (κ2) is 7.06. The Morgan fingerprint density at radius 3 is 2.20 bits per heavy atom. The average Bonchev–Trinajstić information content (AvgIpc) is 2.50. The van der Waals surface area contributed by atoms with E-state index in [-0.39, 0.29) is 5.41 Å². The summed E-state index contributed by atoms with van der Waals surface area (Å²) in [5, 5.41) is 0. The quantitative estimate of drug-likeness (QED) is 0.700. The van der Waals surface area contributed by atoms with E-state index in [4.69, 9.17) is 0 Å². The molecule has 0 amide bonds. The molecule has 2 heteroatoms. The zero-order chi connectivity index (χ0) is 14.6. The van der Waals surface area contributed by atoms with Crippen LogP contribution in [0.2, 0.25) is 0 Å². The zero-order valence-electron chi connectivity index (χ0n) is 13.7. The fraction of sp³-hybridized carbons (Fsp3) is 0.944. The Kier molecular flexibility index (Phi) is 5.65. The number of rotatable bonds is 5. The Hall–Kier alpha value is -0.370. The molecule has 0 spiro atoms. The van der Waals surface area contributed by atoms with Crippen molar-refractivity contribution in [1.82, 2.24) is 4.90 Å². The lowest BCUT2D eigenvalue weighted by atomic mass is 9.71. The highest BCUT2D eigenvalue weighted by Crippen LogP contribution is 2.39. The Morgan fingerprint density at radius 2 is 1.70 bits per heavy atom. The van der Waals surface area contributed by atoms with Gasteiger partial charge in [0, 0.05) is 18.0 Å². The molecule has 0 aliphatic heterocycles. The molecule has 2 fully saturated rings. The molecule has 0 radical (unpaired) electrons. The number of carbonyl (C=O) groups excluding carboxylic acids is 1. The zero-order valence-corrected chi connectivity index (χ0v) is 13.7. The van der Waals surface area contributed by atoms with Crippen LogP contribution in [0.3, 0.4) is 0 Å². The van der Waals surface area contributed by atoms with Crippen LogP contribution in [-0.4, -0.2) is 30.8 Å². The van der Waals surface area contributed by atoms with Crippen molar-refractivity contribution in [3.63, 3.8) is 0 Å². The number of aldehydes is 1. The summed E-state index contributed by atoms with van der Waals surface area (Å²) in [6, 6.07) is 0.717. The molecule has 2 nitrogen and oxygen atoms in total. The first-order chi connectivity index (χ1) is 9.58. The number of hydrogen-bond donors (Lipinski definition) is 0. The van der Waals surface area contributed by atoms with E-state index in [1.54, 1.807) is 0 Å². The van der Waals surface area contributed by atoms with E-state index < -0.39 is 0 Å². The summed E-state index contributed by atoms with van der Waals surface area (Å²) in [5.41, 5.74) is -0.0388. The lowest BCUT2D eigenvalue weighted by molar-refractivity contribution is -0.120. The molecule has 0 aromatic heterocycles. The van der Waals surface area contributed by atoms with Gasteiger partial charge < -0.3 is 9.69 Å². The molecule has 2 rings (SSSR count). The monoisotopic (exact) mass is 279 g/mol. The largest absolute Gasteiger partial charge is 0.303 e. The standard InChI is InChI=1S/C18H33NO/c1-4-16-5-7-17(8-6-16)19(3)13-18(14-20)11-9-15(2)10-12-18/h14-17H,4-13H2,1-3H3. The van der Waals surface area contributed by atoms with E-state index in [1.807, 2.05) is 0 Å². The van der Waals surface area contributed by atoms with Crippen LogP contribution in [0.5, 0.6) is 0 Å². The molecule has 0 heterocycles. The van der Waals surface area contributed by atoms with Crippen molar-refractivity contribution in [2.24, 2.45) is 17.3 Å². The maximum Gasteiger partial charge on any atom is 0.127 e. The smallest absolute Gasteiger partial charge is 0.127 e. The van der Waals surface area contributed by atoms with Gasteiger partial charge >= 0.3 is 0 Å². The molecule has 0 aromatic carbocycles. The molecule has 2 saturated carbocycles. The van der Waals surface area contributed by atoms with Crippen molar-refractivity contribution in [1.29, 1.82) is 0 Å². The van der Waals surface area contributed by atoms with E-state index in [2.05, 4.69) is 25.8 Å². The normalized spacial score (nSPS) is 38.9. The summed E-state index contributed by atoms with van der Waals surface area (Å²) in [5.74, 6) is 1.77. The van der Waals surface area contributed by atoms with Crippen molar-refractivity contribution in [2.75, 3.05) is 13.6 Å². The molecule has 116 valence electrons. The van der Waals surface area contributed by atoms with Gasteiger partial charge in [-0.25, -0.2) is 0 Å². The van der Waals surface area contributed by atoms with E-state index in [1.165, 1.54) is 51.2 Å². The van der Waals surface area contributed by atoms with Crippen molar-refractivity contribution in [3.05, 3.63) is 0 Å². The number of hydrogen-bond acceptors (Lipinski definition) is 2. The summed E-state index contributed by atoms with van der Waals surface area (Å²) in [4.78, 5) is 14.2. The predicted molar refractivity (Wildman–Crippen MR) is 84.8 cm³/mol. The Morgan fingerprint density at radius 1 is 1.10 bits per heavy atom. The van der Waals surface area contributed by atoms with Gasteiger partial charge in [0.1, 0.15) is 6.29 Å². The average molecular weight is 279 g/mol. The minimum Gasteiger partial charge on any atom is -0.303 e. The SMILES string of the molecule is CCC1CCC(N(C)CC2(C=O)CCC(C)CC2)CC1. The summed E-state index contributed by atoms with van der Waals surface area (Å²) in [6.45, 7) is 5.63. The van der Waals surface area contributed by atoms with Crippen molar-refractivity contribution in [3.8, 4) is 0 Å². The number of nitrogens with zero attached hydrogens (tertiary/aromatic N) is 1.